The number of H-pyrrole nitrogens is 1. The van der Waals surface area contributed by atoms with E-state index < -0.39 is 0 Å². The number of hydrogen-bond donors (Lipinski definition) is 2. The van der Waals surface area contributed by atoms with E-state index in [-0.39, 0.29) is 29.5 Å². The van der Waals surface area contributed by atoms with E-state index in [0.717, 1.165) is 25.0 Å². The van der Waals surface area contributed by atoms with E-state index in [1.54, 1.807) is 4.57 Å². The lowest BCUT2D eigenvalue weighted by Crippen LogP contribution is -2.29. The van der Waals surface area contributed by atoms with E-state index in [4.69, 9.17) is 4.74 Å². The maximum Gasteiger partial charge on any atom is 0.344 e. The minimum atomic E-state index is -0.267. The smallest absolute Gasteiger partial charge is 0.344 e. The van der Waals surface area contributed by atoms with Crippen LogP contribution in [0.3, 0.4) is 0 Å². The van der Waals surface area contributed by atoms with Crippen molar-refractivity contribution < 1.29 is 9.53 Å². The molecule has 2 N–H and O–H groups in total. The van der Waals surface area contributed by atoms with Crippen molar-refractivity contribution in [2.75, 3.05) is 12.4 Å². The molecule has 2 atom stereocenters. The van der Waals surface area contributed by atoms with Gasteiger partial charge in [0.25, 0.3) is 0 Å². The Bertz CT molecular complexity index is 855. The molecule has 2 aromatic rings. The van der Waals surface area contributed by atoms with Crippen molar-refractivity contribution in [2.24, 2.45) is 0 Å². The highest BCUT2D eigenvalue weighted by molar-refractivity contribution is 7.99. The fourth-order valence-corrected chi connectivity index (χ4v) is 3.86. The van der Waals surface area contributed by atoms with Crippen LogP contribution < -0.4 is 11.0 Å². The number of carbonyl (C=O) groups is 1. The van der Waals surface area contributed by atoms with E-state index in [1.165, 1.54) is 22.9 Å². The van der Waals surface area contributed by atoms with Gasteiger partial charge in [-0.25, -0.2) is 9.89 Å². The van der Waals surface area contributed by atoms with Crippen LogP contribution in [-0.4, -0.2) is 39.1 Å². The Morgan fingerprint density at radius 3 is 2.96 bits per heavy atom. The van der Waals surface area contributed by atoms with E-state index in [1.807, 2.05) is 13.0 Å². The van der Waals surface area contributed by atoms with Crippen LogP contribution >= 0.6 is 11.8 Å². The molecule has 1 aliphatic heterocycles. The summed E-state index contributed by atoms with van der Waals surface area (Å²) in [6, 6.07) is 6.12. The molecule has 1 amide bonds. The summed E-state index contributed by atoms with van der Waals surface area (Å²) in [5.41, 5.74) is 3.25. The Kier molecular flexibility index (Phi) is 6.38. The van der Waals surface area contributed by atoms with E-state index in [2.05, 4.69) is 41.5 Å². The summed E-state index contributed by atoms with van der Waals surface area (Å²) < 4.78 is 7.15. The second kappa shape index (κ2) is 8.75. The molecule has 0 radical (unpaired) electrons. The molecular weight excluding hydrogens is 364 g/mol. The molecule has 1 aliphatic rings. The summed E-state index contributed by atoms with van der Waals surface area (Å²) in [5, 5.41) is 10.0. The van der Waals surface area contributed by atoms with Gasteiger partial charge in [-0.2, -0.15) is 0 Å². The zero-order valence-electron chi connectivity index (χ0n) is 15.9. The Hall–Kier alpha value is -2.06. The zero-order valence-corrected chi connectivity index (χ0v) is 16.8. The summed E-state index contributed by atoms with van der Waals surface area (Å²) in [7, 11) is 0. The summed E-state index contributed by atoms with van der Waals surface area (Å²) in [6.07, 6.45) is 1.99. The normalized spacial score (nSPS) is 17.8. The van der Waals surface area contributed by atoms with Crippen LogP contribution in [0.2, 0.25) is 0 Å². The second-order valence-electron chi connectivity index (χ2n) is 6.98. The number of aromatic amines is 1. The minimum Gasteiger partial charge on any atom is -0.376 e. The summed E-state index contributed by atoms with van der Waals surface area (Å²) in [5.74, 6) is 0.107. The van der Waals surface area contributed by atoms with Gasteiger partial charge in [0.1, 0.15) is 0 Å². The lowest BCUT2D eigenvalue weighted by molar-refractivity contribution is -0.119. The van der Waals surface area contributed by atoms with Gasteiger partial charge in [-0.15, -0.1) is 5.10 Å². The van der Waals surface area contributed by atoms with Gasteiger partial charge in [-0.1, -0.05) is 30.0 Å². The molecule has 0 spiro atoms. The molecule has 1 aromatic heterocycles. The molecule has 0 aliphatic carbocycles. The molecule has 3 rings (SSSR count). The number of rotatable bonds is 7. The summed E-state index contributed by atoms with van der Waals surface area (Å²) in [6.45, 7) is 7.30. The number of aryl methyl sites for hydroxylation is 2. The number of aromatic nitrogens is 3. The third-order valence-corrected chi connectivity index (χ3v) is 5.85. The topological polar surface area (TPSA) is 89.0 Å². The Labute approximate surface area is 162 Å². The third-order valence-electron chi connectivity index (χ3n) is 4.87. The molecule has 8 heteroatoms. The average Bonchev–Trinajstić information content (AvgIpc) is 3.27. The highest BCUT2D eigenvalue weighted by Gasteiger charge is 2.20. The number of thioether (sulfide) groups is 1. The maximum absolute atomic E-state index is 12.3. The standard InChI is InChI=1S/C19H26N4O3S/c1-12-6-7-15(9-13(12)2)14(3)20-17(24)11-27-19-22-21-18(25)23(19)10-16-5-4-8-26-16/h6-7,9,14,16H,4-5,8,10-11H2,1-3H3,(H,20,24)(H,21,25). The van der Waals surface area contributed by atoms with E-state index in [0.29, 0.717) is 11.7 Å². The molecule has 1 saturated heterocycles. The number of hydrogen-bond acceptors (Lipinski definition) is 5. The van der Waals surface area contributed by atoms with Crippen LogP contribution in [0.4, 0.5) is 0 Å². The van der Waals surface area contributed by atoms with Gasteiger partial charge in [-0.3, -0.25) is 9.36 Å². The first-order chi connectivity index (χ1) is 12.9. The lowest BCUT2D eigenvalue weighted by Gasteiger charge is -2.16. The third kappa shape index (κ3) is 5.01. The number of nitrogens with one attached hydrogen (secondary N) is 2. The number of carbonyl (C=O) groups excluding carboxylic acids is 1. The van der Waals surface area contributed by atoms with Crippen molar-refractivity contribution in [3.8, 4) is 0 Å². The van der Waals surface area contributed by atoms with Gasteiger partial charge in [0, 0.05) is 6.61 Å². The van der Waals surface area contributed by atoms with Crippen LogP contribution in [0, 0.1) is 13.8 Å². The molecule has 7 nitrogen and oxygen atoms in total. The van der Waals surface area contributed by atoms with Gasteiger partial charge < -0.3 is 10.1 Å². The molecule has 146 valence electrons. The number of ether oxygens (including phenoxy) is 1. The number of benzene rings is 1. The Balaban J connectivity index is 1.56. The summed E-state index contributed by atoms with van der Waals surface area (Å²) >= 11 is 1.26. The van der Waals surface area contributed by atoms with Gasteiger partial charge in [0.2, 0.25) is 5.91 Å². The summed E-state index contributed by atoms with van der Waals surface area (Å²) in [4.78, 5) is 24.3. The van der Waals surface area contributed by atoms with Crippen LogP contribution in [0.15, 0.2) is 28.2 Å². The van der Waals surface area contributed by atoms with Crippen molar-refractivity contribution in [1.82, 2.24) is 20.1 Å². The highest BCUT2D eigenvalue weighted by atomic mass is 32.2. The van der Waals surface area contributed by atoms with Crippen molar-refractivity contribution >= 4 is 17.7 Å². The van der Waals surface area contributed by atoms with Crippen molar-refractivity contribution in [1.29, 1.82) is 0 Å². The van der Waals surface area contributed by atoms with Crippen LogP contribution in [-0.2, 0) is 16.1 Å². The maximum atomic E-state index is 12.3. The first-order valence-corrected chi connectivity index (χ1v) is 10.2. The monoisotopic (exact) mass is 390 g/mol. The fraction of sp³-hybridized carbons (Fsp3) is 0.526. The number of amides is 1. The quantitative estimate of drug-likeness (QED) is 0.709. The lowest BCUT2D eigenvalue weighted by atomic mass is 10.0. The van der Waals surface area contributed by atoms with Gasteiger partial charge in [0.15, 0.2) is 5.16 Å². The Morgan fingerprint density at radius 1 is 1.44 bits per heavy atom. The number of nitrogens with zero attached hydrogens (tertiary/aromatic N) is 2. The molecule has 2 unspecified atom stereocenters. The highest BCUT2D eigenvalue weighted by Crippen LogP contribution is 2.19. The second-order valence-corrected chi connectivity index (χ2v) is 7.92. The SMILES string of the molecule is Cc1ccc(C(C)NC(=O)CSc2n[nH]c(=O)n2CC2CCCO2)cc1C. The molecular formula is C19H26N4O3S. The predicted octanol–water partition coefficient (Wildman–Crippen LogP) is 2.34. The largest absolute Gasteiger partial charge is 0.376 e. The minimum absolute atomic E-state index is 0.0401. The van der Waals surface area contributed by atoms with Gasteiger partial charge >= 0.3 is 5.69 Å². The molecule has 1 fully saturated rings. The van der Waals surface area contributed by atoms with E-state index >= 15 is 0 Å². The fourth-order valence-electron chi connectivity index (χ4n) is 3.10. The molecule has 1 aromatic carbocycles. The zero-order chi connectivity index (χ0) is 19.4. The van der Waals surface area contributed by atoms with Crippen LogP contribution in [0.25, 0.3) is 0 Å². The molecule has 2 heterocycles. The van der Waals surface area contributed by atoms with Crippen molar-refractivity contribution in [2.45, 2.75) is 57.5 Å². The molecule has 0 saturated carbocycles. The van der Waals surface area contributed by atoms with Gasteiger partial charge in [-0.05, 0) is 50.3 Å². The van der Waals surface area contributed by atoms with Gasteiger partial charge in [0.05, 0.1) is 24.4 Å². The molecule has 27 heavy (non-hydrogen) atoms. The van der Waals surface area contributed by atoms with Crippen molar-refractivity contribution in [3.05, 3.63) is 45.4 Å². The Morgan fingerprint density at radius 2 is 2.26 bits per heavy atom. The average molecular weight is 391 g/mol. The molecule has 0 bridgehead atoms. The first-order valence-electron chi connectivity index (χ1n) is 9.20. The first kappa shape index (κ1) is 19.7. The predicted molar refractivity (Wildman–Crippen MR) is 105 cm³/mol. The van der Waals surface area contributed by atoms with Crippen LogP contribution in [0.1, 0.15) is 42.5 Å². The van der Waals surface area contributed by atoms with Crippen molar-refractivity contribution in [3.63, 3.8) is 0 Å². The van der Waals surface area contributed by atoms with Crippen LogP contribution in [0.5, 0.6) is 0 Å². The van der Waals surface area contributed by atoms with E-state index in [9.17, 15) is 9.59 Å².